The minimum absolute atomic E-state index is 0.125. The maximum Gasteiger partial charge on any atom is 0.416 e. The summed E-state index contributed by atoms with van der Waals surface area (Å²) in [6.07, 6.45) is -1.05. The average Bonchev–Trinajstić information content (AvgIpc) is 2.36. The van der Waals surface area contributed by atoms with Crippen LogP contribution < -0.4 is 0 Å². The quantitative estimate of drug-likeness (QED) is 0.723. The lowest BCUT2D eigenvalue weighted by atomic mass is 9.32. The molecule has 0 heterocycles. The maximum absolute atomic E-state index is 12.6. The van der Waals surface area contributed by atoms with Crippen molar-refractivity contribution in [2.75, 3.05) is 0 Å². The molecule has 3 heteroatoms. The first-order valence-corrected chi connectivity index (χ1v) is 7.17. The van der Waals surface area contributed by atoms with Crippen molar-refractivity contribution >= 4 is 0 Å². The van der Waals surface area contributed by atoms with Gasteiger partial charge in [-0.3, -0.25) is 0 Å². The number of hydrogen-bond acceptors (Lipinski definition) is 0. The smallest absolute Gasteiger partial charge is 0.166 e. The van der Waals surface area contributed by atoms with Gasteiger partial charge in [-0.25, -0.2) is 0 Å². The van der Waals surface area contributed by atoms with Crippen LogP contribution in [0.4, 0.5) is 13.2 Å². The Bertz CT molecular complexity index is 648. The summed E-state index contributed by atoms with van der Waals surface area (Å²) in [5.74, 6) is 0. The van der Waals surface area contributed by atoms with Crippen LogP contribution in [0.25, 0.3) is 0 Å². The number of rotatable bonds is 2. The van der Waals surface area contributed by atoms with E-state index in [0.29, 0.717) is 0 Å². The predicted octanol–water partition coefficient (Wildman–Crippen LogP) is 5.08. The van der Waals surface area contributed by atoms with Crippen LogP contribution in [0.2, 0.25) is 0 Å². The molecular weight excluding hydrogens is 273 g/mol. The van der Waals surface area contributed by atoms with Crippen molar-refractivity contribution in [1.82, 2.24) is 0 Å². The highest BCUT2D eigenvalue weighted by atomic mass is 19.4. The van der Waals surface area contributed by atoms with Gasteiger partial charge in [0.2, 0.25) is 0 Å². The Morgan fingerprint density at radius 1 is 0.667 bits per heavy atom. The lowest BCUT2D eigenvalue weighted by molar-refractivity contribution is -0.137. The Hall–Kier alpha value is -1.77. The molecule has 2 bridgehead atoms. The van der Waals surface area contributed by atoms with Gasteiger partial charge >= 0.3 is 6.18 Å². The number of halogens is 3. The van der Waals surface area contributed by atoms with E-state index in [9.17, 15) is 13.2 Å². The molecule has 0 aliphatic heterocycles. The SMILES string of the molecule is FC(F)(F)c1ccc(C23CC(c4ccccc4)(C2)C3)cc1. The highest BCUT2D eigenvalue weighted by Gasteiger charge is 2.68. The summed E-state index contributed by atoms with van der Waals surface area (Å²) in [6, 6.07) is 16.2. The highest BCUT2D eigenvalue weighted by Crippen LogP contribution is 2.73. The van der Waals surface area contributed by atoms with Crippen molar-refractivity contribution in [3.8, 4) is 0 Å². The van der Waals surface area contributed by atoms with Crippen molar-refractivity contribution in [3.63, 3.8) is 0 Å². The molecule has 2 aromatic rings. The van der Waals surface area contributed by atoms with Gasteiger partial charge in [0.05, 0.1) is 5.56 Å². The van der Waals surface area contributed by atoms with E-state index in [1.165, 1.54) is 17.7 Å². The first-order chi connectivity index (χ1) is 9.94. The summed E-state index contributed by atoms with van der Waals surface area (Å²) in [5.41, 5.74) is 2.28. The molecule has 0 atom stereocenters. The van der Waals surface area contributed by atoms with Gasteiger partial charge in [0.15, 0.2) is 0 Å². The third kappa shape index (κ3) is 1.76. The Labute approximate surface area is 121 Å². The lowest BCUT2D eigenvalue weighted by Gasteiger charge is -2.71. The summed E-state index contributed by atoms with van der Waals surface area (Å²) in [4.78, 5) is 0. The Morgan fingerprint density at radius 2 is 1.14 bits per heavy atom. The normalized spacial score (nSPS) is 30.4. The van der Waals surface area contributed by atoms with Gasteiger partial charge in [-0.2, -0.15) is 13.2 Å². The van der Waals surface area contributed by atoms with Crippen molar-refractivity contribution < 1.29 is 13.2 Å². The minimum atomic E-state index is -4.25. The van der Waals surface area contributed by atoms with Crippen molar-refractivity contribution in [3.05, 3.63) is 71.3 Å². The molecule has 3 fully saturated rings. The summed E-state index contributed by atoms with van der Waals surface area (Å²) in [6.45, 7) is 0. The molecule has 0 unspecified atom stereocenters. The fraction of sp³-hybridized carbons (Fsp3) is 0.333. The van der Waals surface area contributed by atoms with E-state index in [4.69, 9.17) is 0 Å². The van der Waals surface area contributed by atoms with E-state index in [1.54, 1.807) is 12.1 Å². The van der Waals surface area contributed by atoms with Gasteiger partial charge in [0.25, 0.3) is 0 Å². The topological polar surface area (TPSA) is 0 Å². The second-order valence-corrected chi connectivity index (χ2v) is 6.53. The lowest BCUT2D eigenvalue weighted by Crippen LogP contribution is -2.67. The van der Waals surface area contributed by atoms with Crippen LogP contribution in [0.5, 0.6) is 0 Å². The Morgan fingerprint density at radius 3 is 1.62 bits per heavy atom. The van der Waals surface area contributed by atoms with Crippen LogP contribution in [-0.2, 0) is 17.0 Å². The number of hydrogen-bond donors (Lipinski definition) is 0. The van der Waals surface area contributed by atoms with Crippen LogP contribution in [-0.4, -0.2) is 0 Å². The van der Waals surface area contributed by atoms with Crippen molar-refractivity contribution in [2.45, 2.75) is 36.3 Å². The summed E-state index contributed by atoms with van der Waals surface area (Å²) >= 11 is 0. The molecule has 21 heavy (non-hydrogen) atoms. The highest BCUT2D eigenvalue weighted by molar-refractivity contribution is 5.48. The summed E-state index contributed by atoms with van der Waals surface area (Å²) in [5, 5.41) is 0. The van der Waals surface area contributed by atoms with E-state index < -0.39 is 11.7 Å². The molecule has 3 aliphatic rings. The van der Waals surface area contributed by atoms with E-state index in [0.717, 1.165) is 24.8 Å². The molecule has 0 nitrogen and oxygen atoms in total. The zero-order valence-electron chi connectivity index (χ0n) is 11.5. The predicted molar refractivity (Wildman–Crippen MR) is 75.1 cm³/mol. The van der Waals surface area contributed by atoms with E-state index in [-0.39, 0.29) is 10.8 Å². The average molecular weight is 288 g/mol. The van der Waals surface area contributed by atoms with Gasteiger partial charge in [-0.15, -0.1) is 0 Å². The third-order valence-corrected chi connectivity index (χ3v) is 5.24. The third-order valence-electron chi connectivity index (χ3n) is 5.24. The Balaban J connectivity index is 1.54. The number of benzene rings is 2. The zero-order valence-corrected chi connectivity index (χ0v) is 11.5. The van der Waals surface area contributed by atoms with Crippen LogP contribution in [0, 0.1) is 0 Å². The summed E-state index contributed by atoms with van der Waals surface area (Å²) < 4.78 is 37.8. The molecule has 0 N–H and O–H groups in total. The van der Waals surface area contributed by atoms with E-state index in [2.05, 4.69) is 24.3 Å². The monoisotopic (exact) mass is 288 g/mol. The molecule has 0 spiro atoms. The molecule has 0 radical (unpaired) electrons. The fourth-order valence-corrected chi connectivity index (χ4v) is 4.20. The van der Waals surface area contributed by atoms with Gasteiger partial charge < -0.3 is 0 Å². The zero-order chi connectivity index (χ0) is 14.7. The van der Waals surface area contributed by atoms with Crippen LogP contribution in [0.1, 0.15) is 36.0 Å². The first-order valence-electron chi connectivity index (χ1n) is 7.17. The van der Waals surface area contributed by atoms with Gasteiger partial charge in [0.1, 0.15) is 0 Å². The van der Waals surface area contributed by atoms with Crippen LogP contribution in [0.3, 0.4) is 0 Å². The molecule has 2 aromatic carbocycles. The summed E-state index contributed by atoms with van der Waals surface area (Å²) in [7, 11) is 0. The second kappa shape index (κ2) is 3.90. The first kappa shape index (κ1) is 12.9. The van der Waals surface area contributed by atoms with Crippen LogP contribution in [0.15, 0.2) is 54.6 Å². The molecular formula is C18H15F3. The molecule has 108 valence electrons. The fourth-order valence-electron chi connectivity index (χ4n) is 4.20. The van der Waals surface area contributed by atoms with E-state index >= 15 is 0 Å². The molecule has 5 rings (SSSR count). The molecule has 0 saturated heterocycles. The number of alkyl halides is 3. The van der Waals surface area contributed by atoms with Crippen molar-refractivity contribution in [1.29, 1.82) is 0 Å². The minimum Gasteiger partial charge on any atom is -0.166 e. The molecule has 3 saturated carbocycles. The standard InChI is InChI=1S/C18H15F3/c19-18(20,21)15-8-6-14(7-9-15)17-10-16(11-17,12-17)13-4-2-1-3-5-13/h1-9H,10-12H2. The molecule has 3 aliphatic carbocycles. The van der Waals surface area contributed by atoms with Crippen molar-refractivity contribution in [2.24, 2.45) is 0 Å². The molecule has 0 amide bonds. The van der Waals surface area contributed by atoms with Gasteiger partial charge in [-0.05, 0) is 53.4 Å². The largest absolute Gasteiger partial charge is 0.416 e. The Kier molecular flexibility index (Phi) is 2.40. The van der Waals surface area contributed by atoms with Gasteiger partial charge in [-0.1, -0.05) is 42.5 Å². The molecule has 0 aromatic heterocycles. The van der Waals surface area contributed by atoms with E-state index in [1.807, 2.05) is 6.07 Å². The van der Waals surface area contributed by atoms with Crippen LogP contribution >= 0.6 is 0 Å². The maximum atomic E-state index is 12.6. The van der Waals surface area contributed by atoms with Gasteiger partial charge in [0, 0.05) is 0 Å². The second-order valence-electron chi connectivity index (χ2n) is 6.53.